The van der Waals surface area contributed by atoms with E-state index in [0.29, 0.717) is 28.4 Å². The average Bonchev–Trinajstić information content (AvgIpc) is 3.29. The van der Waals surface area contributed by atoms with E-state index in [2.05, 4.69) is 32.9 Å². The summed E-state index contributed by atoms with van der Waals surface area (Å²) in [6.45, 7) is 0. The van der Waals surface area contributed by atoms with Crippen molar-refractivity contribution in [3.63, 3.8) is 0 Å². The summed E-state index contributed by atoms with van der Waals surface area (Å²) in [5.41, 5.74) is 2.92. The SMILES string of the molecule is O=C(/C=C/c1ccco1)Nc1ccc2oc(-c3cccc(I)c3)nc2c1. The highest BCUT2D eigenvalue weighted by Gasteiger charge is 2.10. The van der Waals surface area contributed by atoms with Crippen LogP contribution in [0.25, 0.3) is 28.6 Å². The molecule has 2 aromatic carbocycles. The molecule has 0 bridgehead atoms. The summed E-state index contributed by atoms with van der Waals surface area (Å²) < 4.78 is 12.1. The molecule has 0 radical (unpaired) electrons. The van der Waals surface area contributed by atoms with Gasteiger partial charge in [0.1, 0.15) is 11.3 Å². The van der Waals surface area contributed by atoms with Gasteiger partial charge in [0.2, 0.25) is 11.8 Å². The second-order valence-corrected chi connectivity index (χ2v) is 6.80. The van der Waals surface area contributed by atoms with Crippen molar-refractivity contribution in [3.05, 3.63) is 76.3 Å². The monoisotopic (exact) mass is 456 g/mol. The lowest BCUT2D eigenvalue weighted by atomic mass is 10.2. The first-order valence-corrected chi connectivity index (χ1v) is 8.94. The van der Waals surface area contributed by atoms with Crippen LogP contribution < -0.4 is 5.32 Å². The lowest BCUT2D eigenvalue weighted by Gasteiger charge is -2.00. The predicted molar refractivity (Wildman–Crippen MR) is 109 cm³/mol. The Hall–Kier alpha value is -2.87. The van der Waals surface area contributed by atoms with E-state index in [1.807, 2.05) is 24.3 Å². The summed E-state index contributed by atoms with van der Waals surface area (Å²) >= 11 is 2.25. The molecule has 0 fully saturated rings. The minimum atomic E-state index is -0.248. The van der Waals surface area contributed by atoms with Gasteiger partial charge in [-0.3, -0.25) is 4.79 Å². The first-order chi connectivity index (χ1) is 12.7. The highest BCUT2D eigenvalue weighted by atomic mass is 127. The van der Waals surface area contributed by atoms with E-state index in [1.165, 1.54) is 6.08 Å². The van der Waals surface area contributed by atoms with Crippen molar-refractivity contribution in [2.24, 2.45) is 0 Å². The molecule has 0 spiro atoms. The number of hydrogen-bond donors (Lipinski definition) is 1. The summed E-state index contributed by atoms with van der Waals surface area (Å²) in [5.74, 6) is 0.927. The molecule has 0 aliphatic rings. The summed E-state index contributed by atoms with van der Waals surface area (Å²) in [6.07, 6.45) is 4.59. The zero-order valence-electron chi connectivity index (χ0n) is 13.5. The van der Waals surface area contributed by atoms with Gasteiger partial charge in [-0.1, -0.05) is 6.07 Å². The van der Waals surface area contributed by atoms with Gasteiger partial charge in [0.15, 0.2) is 5.58 Å². The van der Waals surface area contributed by atoms with E-state index in [-0.39, 0.29) is 5.91 Å². The molecule has 26 heavy (non-hydrogen) atoms. The Morgan fingerprint density at radius 2 is 2.04 bits per heavy atom. The van der Waals surface area contributed by atoms with Crippen LogP contribution in [-0.4, -0.2) is 10.9 Å². The van der Waals surface area contributed by atoms with E-state index < -0.39 is 0 Å². The number of oxazole rings is 1. The maximum atomic E-state index is 12.0. The number of aromatic nitrogens is 1. The second kappa shape index (κ2) is 7.17. The maximum absolute atomic E-state index is 12.0. The Kier molecular flexibility index (Phi) is 4.57. The Bertz CT molecular complexity index is 1100. The molecule has 0 saturated heterocycles. The fourth-order valence-corrected chi connectivity index (χ4v) is 3.02. The molecule has 2 heterocycles. The zero-order valence-corrected chi connectivity index (χ0v) is 15.6. The van der Waals surface area contributed by atoms with Gasteiger partial charge in [-0.2, -0.15) is 0 Å². The third kappa shape index (κ3) is 3.70. The lowest BCUT2D eigenvalue weighted by molar-refractivity contribution is -0.111. The van der Waals surface area contributed by atoms with E-state index >= 15 is 0 Å². The number of fused-ring (bicyclic) bond motifs is 1. The van der Waals surface area contributed by atoms with Crippen LogP contribution in [0.4, 0.5) is 5.69 Å². The average molecular weight is 456 g/mol. The van der Waals surface area contributed by atoms with Crippen molar-refractivity contribution in [2.45, 2.75) is 0 Å². The molecule has 128 valence electrons. The first-order valence-electron chi connectivity index (χ1n) is 7.86. The quantitative estimate of drug-likeness (QED) is 0.333. The van der Waals surface area contributed by atoms with Gasteiger partial charge in [-0.25, -0.2) is 4.98 Å². The number of anilines is 1. The minimum Gasteiger partial charge on any atom is -0.465 e. The smallest absolute Gasteiger partial charge is 0.248 e. The van der Waals surface area contributed by atoms with Crippen LogP contribution in [-0.2, 0) is 4.79 Å². The molecule has 0 saturated carbocycles. The molecule has 1 amide bonds. The topological polar surface area (TPSA) is 68.3 Å². The van der Waals surface area contributed by atoms with Crippen molar-refractivity contribution in [1.82, 2.24) is 4.98 Å². The molecule has 5 nitrogen and oxygen atoms in total. The van der Waals surface area contributed by atoms with Gasteiger partial charge in [-0.05, 0) is 77.2 Å². The fourth-order valence-electron chi connectivity index (χ4n) is 2.48. The highest BCUT2D eigenvalue weighted by Crippen LogP contribution is 2.27. The number of halogens is 1. The summed E-state index contributed by atoms with van der Waals surface area (Å²) in [6, 6.07) is 16.8. The molecule has 0 aliphatic heterocycles. The third-order valence-electron chi connectivity index (χ3n) is 3.67. The maximum Gasteiger partial charge on any atom is 0.248 e. The standard InChI is InChI=1S/C20H13IN2O3/c21-14-4-1-3-13(11-14)20-23-17-12-15(6-8-18(17)26-20)22-19(24)9-7-16-5-2-10-25-16/h1-12H,(H,22,24)/b9-7+. The normalized spacial score (nSPS) is 11.3. The van der Waals surface area contributed by atoms with Gasteiger partial charge in [0.05, 0.1) is 6.26 Å². The number of nitrogens with one attached hydrogen (secondary N) is 1. The number of amides is 1. The molecule has 6 heteroatoms. The molecule has 0 atom stereocenters. The predicted octanol–water partition coefficient (Wildman–Crippen LogP) is 5.34. The summed E-state index contributed by atoms with van der Waals surface area (Å²) in [5, 5.41) is 2.80. The Balaban J connectivity index is 1.55. The Morgan fingerprint density at radius 1 is 1.12 bits per heavy atom. The number of carbonyl (C=O) groups is 1. The lowest BCUT2D eigenvalue weighted by Crippen LogP contribution is -2.07. The Morgan fingerprint density at radius 3 is 2.85 bits per heavy atom. The van der Waals surface area contributed by atoms with Crippen LogP contribution in [0.1, 0.15) is 5.76 Å². The number of carbonyl (C=O) groups excluding carboxylic acids is 1. The van der Waals surface area contributed by atoms with Gasteiger partial charge < -0.3 is 14.2 Å². The van der Waals surface area contributed by atoms with Gasteiger partial charge >= 0.3 is 0 Å². The van der Waals surface area contributed by atoms with E-state index in [0.717, 1.165) is 9.13 Å². The second-order valence-electron chi connectivity index (χ2n) is 5.55. The number of rotatable bonds is 4. The number of hydrogen-bond acceptors (Lipinski definition) is 4. The summed E-state index contributed by atoms with van der Waals surface area (Å²) in [7, 11) is 0. The molecule has 0 unspecified atom stereocenters. The molecular weight excluding hydrogens is 443 g/mol. The zero-order chi connectivity index (χ0) is 17.9. The molecular formula is C20H13IN2O3. The number of furan rings is 1. The van der Waals surface area contributed by atoms with Crippen molar-refractivity contribution < 1.29 is 13.6 Å². The molecule has 4 aromatic rings. The number of nitrogens with zero attached hydrogens (tertiary/aromatic N) is 1. The fraction of sp³-hybridized carbons (Fsp3) is 0. The van der Waals surface area contributed by atoms with Crippen LogP contribution in [0.15, 0.2) is 75.8 Å². The first kappa shape index (κ1) is 16.6. The number of benzene rings is 2. The molecule has 1 N–H and O–H groups in total. The third-order valence-corrected chi connectivity index (χ3v) is 4.34. The van der Waals surface area contributed by atoms with E-state index in [9.17, 15) is 4.79 Å². The van der Waals surface area contributed by atoms with Gasteiger partial charge in [-0.15, -0.1) is 0 Å². The molecule has 4 rings (SSSR count). The van der Waals surface area contributed by atoms with Crippen LogP contribution in [0.3, 0.4) is 0 Å². The van der Waals surface area contributed by atoms with Crippen LogP contribution in [0.5, 0.6) is 0 Å². The molecule has 0 aliphatic carbocycles. The Labute approximate surface area is 162 Å². The van der Waals surface area contributed by atoms with Crippen LogP contribution in [0.2, 0.25) is 0 Å². The minimum absolute atomic E-state index is 0.248. The van der Waals surface area contributed by atoms with Crippen molar-refractivity contribution in [2.75, 3.05) is 5.32 Å². The molecule has 2 aromatic heterocycles. The van der Waals surface area contributed by atoms with Gasteiger partial charge in [0, 0.05) is 20.9 Å². The van der Waals surface area contributed by atoms with Crippen molar-refractivity contribution >= 4 is 51.4 Å². The van der Waals surface area contributed by atoms with Crippen molar-refractivity contribution in [3.8, 4) is 11.5 Å². The van der Waals surface area contributed by atoms with E-state index in [1.54, 1.807) is 42.7 Å². The van der Waals surface area contributed by atoms with Crippen LogP contribution >= 0.6 is 22.6 Å². The van der Waals surface area contributed by atoms with Crippen LogP contribution in [0, 0.1) is 3.57 Å². The van der Waals surface area contributed by atoms with Crippen molar-refractivity contribution in [1.29, 1.82) is 0 Å². The summed E-state index contributed by atoms with van der Waals surface area (Å²) in [4.78, 5) is 16.5. The van der Waals surface area contributed by atoms with E-state index in [4.69, 9.17) is 8.83 Å². The highest BCUT2D eigenvalue weighted by molar-refractivity contribution is 14.1. The van der Waals surface area contributed by atoms with Gasteiger partial charge in [0.25, 0.3) is 0 Å². The largest absolute Gasteiger partial charge is 0.465 e.